The minimum absolute atomic E-state index is 0.0199. The van der Waals surface area contributed by atoms with Crippen LogP contribution in [0, 0.1) is 11.8 Å². The molecule has 0 aromatic heterocycles. The fraction of sp³-hybridized carbons (Fsp3) is 0.586. The van der Waals surface area contributed by atoms with Gasteiger partial charge in [0.2, 0.25) is 0 Å². The van der Waals surface area contributed by atoms with Crippen molar-refractivity contribution in [1.82, 2.24) is 0 Å². The van der Waals surface area contributed by atoms with Gasteiger partial charge in [-0.3, -0.25) is 0 Å². The van der Waals surface area contributed by atoms with E-state index in [9.17, 15) is 21.6 Å². The monoisotopic (exact) mass is 592 g/mol. The zero-order chi connectivity index (χ0) is 28.2. The molecular weight excluding hydrogens is 550 g/mol. The van der Waals surface area contributed by atoms with Crippen molar-refractivity contribution in [3.8, 4) is 0 Å². The highest BCUT2D eigenvalue weighted by atomic mass is 32.3. The lowest BCUT2D eigenvalue weighted by atomic mass is 10.0. The number of halogens is 3. The SMILES string of the molecule is CCCCC(CC)CSc1ccc(S(CC(CC)CCCC)(OS(=O)(=O)C(F)(F)F)c2ccccc2)cc1. The van der Waals surface area contributed by atoms with Gasteiger partial charge in [-0.2, -0.15) is 21.6 Å². The summed E-state index contributed by atoms with van der Waals surface area (Å²) < 4.78 is 71.5. The van der Waals surface area contributed by atoms with Gasteiger partial charge in [-0.15, -0.1) is 11.8 Å². The molecule has 3 atom stereocenters. The molecule has 38 heavy (non-hydrogen) atoms. The van der Waals surface area contributed by atoms with E-state index in [-0.39, 0.29) is 11.7 Å². The van der Waals surface area contributed by atoms with Gasteiger partial charge in [0.25, 0.3) is 0 Å². The maximum absolute atomic E-state index is 13.7. The molecule has 3 unspecified atom stereocenters. The van der Waals surface area contributed by atoms with Crippen LogP contribution in [0.3, 0.4) is 0 Å². The molecule has 0 aliphatic rings. The molecule has 0 aliphatic heterocycles. The summed E-state index contributed by atoms with van der Waals surface area (Å²) in [5.41, 5.74) is -5.51. The molecule has 2 rings (SSSR count). The maximum Gasteiger partial charge on any atom is 0.523 e. The predicted molar refractivity (Wildman–Crippen MR) is 155 cm³/mol. The second-order valence-electron chi connectivity index (χ2n) is 9.74. The molecular formula is C29H43F3O3S3. The summed E-state index contributed by atoms with van der Waals surface area (Å²) in [6.07, 6.45) is 8.04. The molecule has 0 amide bonds. The molecule has 2 aromatic rings. The maximum atomic E-state index is 13.7. The summed E-state index contributed by atoms with van der Waals surface area (Å²) in [5.74, 6) is 1.81. The van der Waals surface area contributed by atoms with Crippen LogP contribution < -0.4 is 0 Å². The first-order valence-corrected chi connectivity index (χ1v) is 17.8. The lowest BCUT2D eigenvalue weighted by molar-refractivity contribution is -0.0496. The largest absolute Gasteiger partial charge is 0.523 e. The van der Waals surface area contributed by atoms with Crippen LogP contribution in [0.5, 0.6) is 0 Å². The average Bonchev–Trinajstić information content (AvgIpc) is 2.90. The van der Waals surface area contributed by atoms with Crippen LogP contribution in [0.2, 0.25) is 0 Å². The number of rotatable bonds is 17. The summed E-state index contributed by atoms with van der Waals surface area (Å²) in [6.45, 7) is 8.45. The molecule has 0 saturated heterocycles. The van der Waals surface area contributed by atoms with E-state index in [4.69, 9.17) is 3.63 Å². The number of benzene rings is 2. The van der Waals surface area contributed by atoms with Crippen LogP contribution in [-0.2, 0) is 13.7 Å². The van der Waals surface area contributed by atoms with Crippen LogP contribution in [0.4, 0.5) is 13.2 Å². The third kappa shape index (κ3) is 9.20. The second kappa shape index (κ2) is 15.6. The Labute approximate surface area is 234 Å². The van der Waals surface area contributed by atoms with Crippen LogP contribution in [0.1, 0.15) is 79.1 Å². The van der Waals surface area contributed by atoms with Gasteiger partial charge in [-0.1, -0.05) is 94.7 Å². The minimum Gasteiger partial charge on any atom is -0.204 e. The van der Waals surface area contributed by atoms with E-state index in [1.807, 2.05) is 19.1 Å². The number of unbranched alkanes of at least 4 members (excludes halogenated alkanes) is 2. The van der Waals surface area contributed by atoms with Crippen LogP contribution in [0.15, 0.2) is 69.3 Å². The number of thioether (sulfide) groups is 1. The Morgan fingerprint density at radius 1 is 0.789 bits per heavy atom. The third-order valence-electron chi connectivity index (χ3n) is 6.86. The summed E-state index contributed by atoms with van der Waals surface area (Å²) in [7, 11) is -8.86. The third-order valence-corrected chi connectivity index (χ3v) is 13.3. The molecule has 0 spiro atoms. The molecule has 0 bridgehead atoms. The van der Waals surface area contributed by atoms with Gasteiger partial charge in [0.1, 0.15) is 0 Å². The highest BCUT2D eigenvalue weighted by molar-refractivity contribution is 8.33. The van der Waals surface area contributed by atoms with Crippen LogP contribution in [0.25, 0.3) is 0 Å². The average molecular weight is 593 g/mol. The van der Waals surface area contributed by atoms with E-state index < -0.39 is 25.9 Å². The molecule has 0 N–H and O–H groups in total. The highest BCUT2D eigenvalue weighted by Gasteiger charge is 2.52. The summed E-state index contributed by atoms with van der Waals surface area (Å²) in [4.78, 5) is 1.99. The molecule has 0 heterocycles. The molecule has 0 radical (unpaired) electrons. The van der Waals surface area contributed by atoms with Crippen LogP contribution in [-0.4, -0.2) is 25.4 Å². The number of alkyl halides is 3. The second-order valence-corrected chi connectivity index (χ2v) is 15.4. The minimum atomic E-state index is -5.84. The van der Waals surface area contributed by atoms with E-state index >= 15 is 0 Å². The smallest absolute Gasteiger partial charge is 0.204 e. The zero-order valence-electron chi connectivity index (χ0n) is 23.0. The van der Waals surface area contributed by atoms with Crippen molar-refractivity contribution < 1.29 is 25.2 Å². The van der Waals surface area contributed by atoms with E-state index in [0.29, 0.717) is 15.7 Å². The van der Waals surface area contributed by atoms with Crippen molar-refractivity contribution in [1.29, 1.82) is 0 Å². The first-order valence-electron chi connectivity index (χ1n) is 13.6. The lowest BCUT2D eigenvalue weighted by Gasteiger charge is -2.41. The first kappa shape index (κ1) is 33.0. The molecule has 9 heteroatoms. The molecule has 0 saturated carbocycles. The Morgan fingerprint density at radius 3 is 1.82 bits per heavy atom. The Balaban J connectivity index is 2.55. The van der Waals surface area contributed by atoms with Gasteiger partial charge in [-0.05, 0) is 61.1 Å². The van der Waals surface area contributed by atoms with E-state index in [0.717, 1.165) is 49.2 Å². The summed E-state index contributed by atoms with van der Waals surface area (Å²) >= 11 is 1.74. The molecule has 2 aromatic carbocycles. The standard InChI is InChI=1S/C29H43F3O3S3/c1-5-9-14-24(7-3)22-36-26-18-20-28(21-19-26)37(27-16-12-11-13-17-27,23-25(8-4)15-10-6-2)35-38(33,34)29(30,31)32/h11-13,16-21,24-25H,5-10,14-15,22-23H2,1-4H3. The van der Waals surface area contributed by atoms with Crippen molar-refractivity contribution in [3.05, 3.63) is 54.6 Å². The molecule has 0 aliphatic carbocycles. The van der Waals surface area contributed by atoms with Gasteiger partial charge in [0, 0.05) is 26.2 Å². The molecule has 3 nitrogen and oxygen atoms in total. The van der Waals surface area contributed by atoms with Gasteiger partial charge in [0.05, 0.1) is 0 Å². The van der Waals surface area contributed by atoms with Crippen molar-refractivity contribution in [2.45, 2.75) is 99.3 Å². The zero-order valence-corrected chi connectivity index (χ0v) is 25.5. The number of hydrogen-bond donors (Lipinski definition) is 0. The fourth-order valence-corrected chi connectivity index (χ4v) is 10.8. The van der Waals surface area contributed by atoms with Crippen molar-refractivity contribution >= 4 is 32.2 Å². The van der Waals surface area contributed by atoms with Gasteiger partial charge in [0.15, 0.2) is 0 Å². The quantitative estimate of drug-likeness (QED) is 0.135. The van der Waals surface area contributed by atoms with Gasteiger partial charge in [-0.25, -0.2) is 3.63 Å². The van der Waals surface area contributed by atoms with Gasteiger partial charge >= 0.3 is 15.6 Å². The molecule has 216 valence electrons. The Bertz CT molecular complexity index is 1040. The van der Waals surface area contributed by atoms with Crippen molar-refractivity contribution in [3.63, 3.8) is 0 Å². The van der Waals surface area contributed by atoms with Gasteiger partial charge < -0.3 is 0 Å². The topological polar surface area (TPSA) is 43.4 Å². The van der Waals surface area contributed by atoms with E-state index in [1.54, 1.807) is 54.2 Å². The highest BCUT2D eigenvalue weighted by Crippen LogP contribution is 2.66. The predicted octanol–water partition coefficient (Wildman–Crippen LogP) is 10.2. The van der Waals surface area contributed by atoms with E-state index in [2.05, 4.69) is 20.8 Å². The fourth-order valence-electron chi connectivity index (χ4n) is 4.36. The molecule has 0 fully saturated rings. The normalized spacial score (nSPS) is 16.5. The Morgan fingerprint density at radius 2 is 1.32 bits per heavy atom. The first-order chi connectivity index (χ1) is 18.0. The van der Waals surface area contributed by atoms with Crippen molar-refractivity contribution in [2.75, 3.05) is 11.5 Å². The Hall–Kier alpha value is -1.16. The summed E-state index contributed by atoms with van der Waals surface area (Å²) in [5, 5.41) is 0. The number of hydrogen-bond acceptors (Lipinski definition) is 4. The van der Waals surface area contributed by atoms with Crippen LogP contribution >= 0.6 is 22.1 Å². The summed E-state index contributed by atoms with van der Waals surface area (Å²) in [6, 6.07) is 15.9. The van der Waals surface area contributed by atoms with Crippen molar-refractivity contribution in [2.24, 2.45) is 11.8 Å². The Kier molecular flexibility index (Phi) is 13.6. The van der Waals surface area contributed by atoms with E-state index in [1.165, 1.54) is 12.8 Å². The lowest BCUT2D eigenvalue weighted by Crippen LogP contribution is -2.29.